The summed E-state index contributed by atoms with van der Waals surface area (Å²) in [5.74, 6) is 2.51. The fourth-order valence-corrected chi connectivity index (χ4v) is 3.84. The van der Waals surface area contributed by atoms with Gasteiger partial charge in [-0.1, -0.05) is 0 Å². The smallest absolute Gasteiger partial charge is 0.224 e. The van der Waals surface area contributed by atoms with Gasteiger partial charge < -0.3 is 9.47 Å². The first-order valence-corrected chi connectivity index (χ1v) is 9.89. The van der Waals surface area contributed by atoms with Crippen molar-refractivity contribution in [3.8, 4) is 0 Å². The van der Waals surface area contributed by atoms with Gasteiger partial charge in [-0.15, -0.1) is 10.2 Å². The van der Waals surface area contributed by atoms with Gasteiger partial charge in [-0.25, -0.2) is 0 Å². The van der Waals surface area contributed by atoms with Crippen molar-refractivity contribution in [2.24, 2.45) is 0 Å². The van der Waals surface area contributed by atoms with Crippen LogP contribution in [-0.2, 0) is 24.4 Å². The van der Waals surface area contributed by atoms with Crippen molar-refractivity contribution < 1.29 is 4.79 Å². The molecule has 0 aromatic carbocycles. The van der Waals surface area contributed by atoms with E-state index in [1.165, 1.54) is 0 Å². The number of aromatic nitrogens is 7. The Bertz CT molecular complexity index is 875. The summed E-state index contributed by atoms with van der Waals surface area (Å²) < 4.78 is 5.86. The van der Waals surface area contributed by atoms with E-state index in [1.54, 1.807) is 17.1 Å². The summed E-state index contributed by atoms with van der Waals surface area (Å²) in [5.41, 5.74) is 0. The molecule has 4 rings (SSSR count). The maximum absolute atomic E-state index is 12.5. The number of likely N-dealkylation sites (tertiary alicyclic amines) is 1. The van der Waals surface area contributed by atoms with E-state index >= 15 is 0 Å². The highest BCUT2D eigenvalue weighted by atomic mass is 16.2. The number of carbonyl (C=O) groups excluding carboxylic acids is 1. The summed E-state index contributed by atoms with van der Waals surface area (Å²) in [5, 5.41) is 17.3. The minimum atomic E-state index is 0.199. The highest BCUT2D eigenvalue weighted by Gasteiger charge is 2.27. The molecule has 1 aliphatic rings. The van der Waals surface area contributed by atoms with Crippen molar-refractivity contribution in [1.82, 2.24) is 39.2 Å². The van der Waals surface area contributed by atoms with Gasteiger partial charge in [0, 0.05) is 63.3 Å². The third-order valence-electron chi connectivity index (χ3n) is 5.36. The molecule has 3 aromatic heterocycles. The first-order chi connectivity index (χ1) is 13.7. The van der Waals surface area contributed by atoms with Crippen molar-refractivity contribution in [3.05, 3.63) is 48.6 Å². The van der Waals surface area contributed by atoms with Gasteiger partial charge in [-0.2, -0.15) is 10.2 Å². The molecule has 0 bridgehead atoms. The van der Waals surface area contributed by atoms with Crippen molar-refractivity contribution in [1.29, 1.82) is 0 Å². The Hall–Kier alpha value is -2.97. The summed E-state index contributed by atoms with van der Waals surface area (Å²) in [6.45, 7) is 5.75. The van der Waals surface area contributed by atoms with Gasteiger partial charge >= 0.3 is 0 Å². The molecular formula is C19H26N8O. The first kappa shape index (κ1) is 18.4. The second-order valence-electron chi connectivity index (χ2n) is 7.10. The molecule has 0 N–H and O–H groups in total. The fourth-order valence-electron chi connectivity index (χ4n) is 3.84. The zero-order chi connectivity index (χ0) is 19.3. The Balaban J connectivity index is 1.34. The molecule has 9 nitrogen and oxygen atoms in total. The van der Waals surface area contributed by atoms with Crippen molar-refractivity contribution >= 4 is 5.91 Å². The first-order valence-electron chi connectivity index (χ1n) is 9.89. The quantitative estimate of drug-likeness (QED) is 0.619. The third kappa shape index (κ3) is 3.97. The van der Waals surface area contributed by atoms with E-state index in [2.05, 4.69) is 31.9 Å². The zero-order valence-corrected chi connectivity index (χ0v) is 16.2. The van der Waals surface area contributed by atoms with Gasteiger partial charge in [0.2, 0.25) is 5.91 Å². The lowest BCUT2D eigenvalue weighted by molar-refractivity contribution is -0.132. The Morgan fingerprint density at radius 2 is 1.79 bits per heavy atom. The number of carbonyl (C=O) groups is 1. The minimum absolute atomic E-state index is 0.199. The van der Waals surface area contributed by atoms with Gasteiger partial charge in [0.1, 0.15) is 12.4 Å². The van der Waals surface area contributed by atoms with E-state index in [0.29, 0.717) is 25.4 Å². The molecule has 148 valence electrons. The van der Waals surface area contributed by atoms with Crippen LogP contribution in [0.5, 0.6) is 0 Å². The maximum atomic E-state index is 12.5. The summed E-state index contributed by atoms with van der Waals surface area (Å²) in [7, 11) is 0. The highest BCUT2D eigenvalue weighted by Crippen LogP contribution is 2.27. The van der Waals surface area contributed by atoms with Crippen LogP contribution in [0.2, 0.25) is 0 Å². The number of hydrogen-bond acceptors (Lipinski definition) is 5. The van der Waals surface area contributed by atoms with Gasteiger partial charge in [-0.05, 0) is 31.9 Å². The third-order valence-corrected chi connectivity index (χ3v) is 5.36. The molecule has 4 heterocycles. The summed E-state index contributed by atoms with van der Waals surface area (Å²) >= 11 is 0. The van der Waals surface area contributed by atoms with E-state index in [0.717, 1.165) is 44.1 Å². The maximum Gasteiger partial charge on any atom is 0.224 e. The fraction of sp³-hybridized carbons (Fsp3) is 0.526. The number of piperidine rings is 1. The predicted octanol–water partition coefficient (Wildman–Crippen LogP) is 1.54. The molecular weight excluding hydrogens is 356 g/mol. The van der Waals surface area contributed by atoms with Gasteiger partial charge in [-0.3, -0.25) is 14.2 Å². The van der Waals surface area contributed by atoms with Crippen LogP contribution in [0.1, 0.15) is 43.8 Å². The lowest BCUT2D eigenvalue weighted by Crippen LogP contribution is -2.38. The van der Waals surface area contributed by atoms with Gasteiger partial charge in [0.15, 0.2) is 5.82 Å². The van der Waals surface area contributed by atoms with Crippen LogP contribution < -0.4 is 0 Å². The summed E-state index contributed by atoms with van der Waals surface area (Å²) in [4.78, 5) is 14.5. The molecule has 1 fully saturated rings. The average Bonchev–Trinajstić information content (AvgIpc) is 3.48. The molecule has 28 heavy (non-hydrogen) atoms. The molecule has 0 spiro atoms. The second kappa shape index (κ2) is 8.37. The number of nitrogens with zero attached hydrogens (tertiary/aromatic N) is 8. The monoisotopic (exact) mass is 382 g/mol. The largest absolute Gasteiger partial charge is 0.343 e. The van der Waals surface area contributed by atoms with Crippen LogP contribution in [0.3, 0.4) is 0 Å². The van der Waals surface area contributed by atoms with Gasteiger partial charge in [0.05, 0.1) is 0 Å². The number of amides is 1. The van der Waals surface area contributed by atoms with E-state index in [1.807, 2.05) is 34.1 Å². The van der Waals surface area contributed by atoms with Crippen molar-refractivity contribution in [2.75, 3.05) is 13.1 Å². The number of rotatable bonds is 7. The molecule has 9 heteroatoms. The molecule has 1 amide bonds. The molecule has 1 aliphatic heterocycles. The van der Waals surface area contributed by atoms with E-state index in [9.17, 15) is 4.79 Å². The standard InChI is InChI=1S/C19H26N8O/c1-2-27-17(15-26-11-4-9-21-26)22-23-19(27)16-5-12-24(13-6-16)18(28)7-14-25-10-3-8-20-25/h3-4,8-11,16H,2,5-7,12-15H2,1H3. The summed E-state index contributed by atoms with van der Waals surface area (Å²) in [6.07, 6.45) is 9.67. The normalized spacial score (nSPS) is 15.2. The average molecular weight is 382 g/mol. The van der Waals surface area contributed by atoms with Crippen LogP contribution >= 0.6 is 0 Å². The molecule has 1 saturated heterocycles. The van der Waals surface area contributed by atoms with Gasteiger partial charge in [0.25, 0.3) is 0 Å². The Morgan fingerprint density at radius 1 is 1.07 bits per heavy atom. The van der Waals surface area contributed by atoms with Crippen LogP contribution in [0.25, 0.3) is 0 Å². The van der Waals surface area contributed by atoms with Crippen LogP contribution in [0.4, 0.5) is 0 Å². The Morgan fingerprint density at radius 3 is 2.43 bits per heavy atom. The van der Waals surface area contributed by atoms with Crippen molar-refractivity contribution in [3.63, 3.8) is 0 Å². The Kier molecular flexibility index (Phi) is 5.50. The Labute approximate surface area is 164 Å². The van der Waals surface area contributed by atoms with Crippen LogP contribution in [0, 0.1) is 0 Å². The lowest BCUT2D eigenvalue weighted by atomic mass is 9.95. The minimum Gasteiger partial charge on any atom is -0.343 e. The topological polar surface area (TPSA) is 86.7 Å². The SMILES string of the molecule is CCn1c(Cn2cccn2)nnc1C1CCN(C(=O)CCn2cccn2)CC1. The number of hydrogen-bond donors (Lipinski definition) is 0. The predicted molar refractivity (Wildman–Crippen MR) is 102 cm³/mol. The number of aryl methyl sites for hydroxylation is 1. The zero-order valence-electron chi connectivity index (χ0n) is 16.2. The molecule has 0 radical (unpaired) electrons. The van der Waals surface area contributed by atoms with Crippen LogP contribution in [-0.4, -0.2) is 58.2 Å². The summed E-state index contributed by atoms with van der Waals surface area (Å²) in [6, 6.07) is 3.78. The molecule has 3 aromatic rings. The lowest BCUT2D eigenvalue weighted by Gasteiger charge is -2.31. The van der Waals surface area contributed by atoms with E-state index in [4.69, 9.17) is 0 Å². The highest BCUT2D eigenvalue weighted by molar-refractivity contribution is 5.76. The second-order valence-corrected chi connectivity index (χ2v) is 7.10. The molecule has 0 unspecified atom stereocenters. The molecule has 0 atom stereocenters. The van der Waals surface area contributed by atoms with Crippen molar-refractivity contribution in [2.45, 2.75) is 51.7 Å². The van der Waals surface area contributed by atoms with E-state index < -0.39 is 0 Å². The molecule has 0 saturated carbocycles. The van der Waals surface area contributed by atoms with Crippen LogP contribution in [0.15, 0.2) is 36.9 Å². The molecule has 0 aliphatic carbocycles. The van der Waals surface area contributed by atoms with E-state index in [-0.39, 0.29) is 5.91 Å².